The summed E-state index contributed by atoms with van der Waals surface area (Å²) in [6.07, 6.45) is 6.27. The van der Waals surface area contributed by atoms with E-state index in [9.17, 15) is 14.7 Å². The molecule has 0 unspecified atom stereocenters. The Kier molecular flexibility index (Phi) is 6.63. The van der Waals surface area contributed by atoms with Gasteiger partial charge in [0, 0.05) is 48.5 Å². The smallest absolute Gasteiger partial charge is 0.247 e. The van der Waals surface area contributed by atoms with Gasteiger partial charge in [-0.05, 0) is 50.6 Å². The van der Waals surface area contributed by atoms with Gasteiger partial charge in [-0.1, -0.05) is 12.1 Å². The minimum atomic E-state index is -1.000. The summed E-state index contributed by atoms with van der Waals surface area (Å²) in [4.78, 5) is 42.6. The third-order valence-corrected chi connectivity index (χ3v) is 7.61. The predicted octanol–water partition coefficient (Wildman–Crippen LogP) is 0.925. The number of nitrogens with zero attached hydrogens (tertiary/aromatic N) is 4. The molecule has 2 aliphatic rings. The van der Waals surface area contributed by atoms with Gasteiger partial charge >= 0.3 is 0 Å². The van der Waals surface area contributed by atoms with Crippen LogP contribution in [0.3, 0.4) is 0 Å². The zero-order valence-corrected chi connectivity index (χ0v) is 20.8. The van der Waals surface area contributed by atoms with Gasteiger partial charge in [0.1, 0.15) is 6.04 Å². The fraction of sp³-hybridized carbons (Fsp3) is 0.462. The van der Waals surface area contributed by atoms with E-state index < -0.39 is 18.7 Å². The molecule has 10 nitrogen and oxygen atoms in total. The number of likely N-dealkylation sites (N-methyl/N-ethyl adjacent to an activating group) is 1. The number of aromatic amines is 1. The van der Waals surface area contributed by atoms with Gasteiger partial charge in [-0.25, -0.2) is 9.97 Å². The molecular formula is C26H33N7O3. The van der Waals surface area contributed by atoms with Gasteiger partial charge in [-0.15, -0.1) is 0 Å². The Hall–Kier alpha value is -3.50. The van der Waals surface area contributed by atoms with Crippen LogP contribution in [0.1, 0.15) is 30.4 Å². The van der Waals surface area contributed by atoms with Crippen LogP contribution in [-0.4, -0.2) is 87.7 Å². The first kappa shape index (κ1) is 24.2. The van der Waals surface area contributed by atoms with Crippen molar-refractivity contribution in [2.75, 3.05) is 31.6 Å². The molecule has 2 fully saturated rings. The molecule has 4 N–H and O–H groups in total. The molecule has 2 aliphatic heterocycles. The van der Waals surface area contributed by atoms with Crippen molar-refractivity contribution < 1.29 is 14.7 Å². The highest BCUT2D eigenvalue weighted by atomic mass is 16.3. The number of anilines is 1. The molecule has 2 amide bonds. The Morgan fingerprint density at radius 1 is 1.28 bits per heavy atom. The van der Waals surface area contributed by atoms with Crippen LogP contribution in [0.15, 0.2) is 42.9 Å². The summed E-state index contributed by atoms with van der Waals surface area (Å²) in [5.41, 5.74) is 3.38. The Labute approximate surface area is 210 Å². The summed E-state index contributed by atoms with van der Waals surface area (Å²) in [5.74, 6) is 0.0657. The Morgan fingerprint density at radius 3 is 2.78 bits per heavy atom. The van der Waals surface area contributed by atoms with E-state index in [0.29, 0.717) is 19.0 Å². The molecule has 0 radical (unpaired) electrons. The predicted molar refractivity (Wildman–Crippen MR) is 137 cm³/mol. The number of hydrogen-bond donors (Lipinski definition) is 4. The first-order chi connectivity index (χ1) is 17.4. The third kappa shape index (κ3) is 4.20. The summed E-state index contributed by atoms with van der Waals surface area (Å²) in [5, 5.41) is 16.7. The Bertz CT molecular complexity index is 1250. The summed E-state index contributed by atoms with van der Waals surface area (Å²) in [7, 11) is 1.68. The maximum absolute atomic E-state index is 13.7. The largest absolute Gasteiger partial charge is 0.394 e. The Morgan fingerprint density at radius 2 is 2.06 bits per heavy atom. The molecule has 5 rings (SSSR count). The van der Waals surface area contributed by atoms with Crippen LogP contribution in [0, 0.1) is 6.92 Å². The lowest BCUT2D eigenvalue weighted by atomic mass is 9.91. The lowest BCUT2D eigenvalue weighted by Crippen LogP contribution is -2.55. The summed E-state index contributed by atoms with van der Waals surface area (Å²) < 4.78 is 0. The van der Waals surface area contributed by atoms with Crippen LogP contribution >= 0.6 is 0 Å². The van der Waals surface area contributed by atoms with Crippen LogP contribution in [0.5, 0.6) is 0 Å². The van der Waals surface area contributed by atoms with Crippen molar-refractivity contribution in [2.45, 2.75) is 50.4 Å². The van der Waals surface area contributed by atoms with Crippen LogP contribution in [0.4, 0.5) is 5.95 Å². The second-order valence-corrected chi connectivity index (χ2v) is 9.73. The maximum atomic E-state index is 13.7. The fourth-order valence-electron chi connectivity index (χ4n) is 5.67. The Balaban J connectivity index is 1.50. The van der Waals surface area contributed by atoms with Gasteiger partial charge in [-0.3, -0.25) is 9.59 Å². The van der Waals surface area contributed by atoms with E-state index >= 15 is 0 Å². The van der Waals surface area contributed by atoms with Crippen molar-refractivity contribution >= 4 is 28.7 Å². The number of likely N-dealkylation sites (tertiary alicyclic amines) is 1. The molecule has 3 aromatic rings. The highest BCUT2D eigenvalue weighted by Gasteiger charge is 2.52. The lowest BCUT2D eigenvalue weighted by Gasteiger charge is -2.31. The number of aryl methyl sites for hydroxylation is 1. The fourth-order valence-corrected chi connectivity index (χ4v) is 5.67. The molecule has 2 aromatic heterocycles. The molecule has 190 valence electrons. The molecule has 0 spiro atoms. The van der Waals surface area contributed by atoms with Crippen molar-refractivity contribution in [3.05, 3.63) is 54.0 Å². The molecule has 36 heavy (non-hydrogen) atoms. The van der Waals surface area contributed by atoms with Crippen molar-refractivity contribution in [3.63, 3.8) is 0 Å². The zero-order chi connectivity index (χ0) is 25.4. The number of aliphatic hydroxyl groups excluding tert-OH is 1. The molecule has 1 aromatic carbocycles. The number of rotatable bonds is 7. The molecule has 0 aliphatic carbocycles. The quantitative estimate of drug-likeness (QED) is 0.387. The van der Waals surface area contributed by atoms with Crippen molar-refractivity contribution in [1.82, 2.24) is 30.5 Å². The highest BCUT2D eigenvalue weighted by molar-refractivity contribution is 5.90. The third-order valence-electron chi connectivity index (χ3n) is 7.61. The number of hydrogen-bond acceptors (Lipinski definition) is 7. The summed E-state index contributed by atoms with van der Waals surface area (Å²) in [6, 6.07) is 6.56. The molecular weight excluding hydrogens is 458 g/mol. The number of amides is 2. The number of carbonyl (C=O) groups is 2. The van der Waals surface area contributed by atoms with E-state index in [4.69, 9.17) is 0 Å². The molecule has 10 heteroatoms. The monoisotopic (exact) mass is 491 g/mol. The van der Waals surface area contributed by atoms with Crippen LogP contribution in [0.25, 0.3) is 10.9 Å². The first-order valence-electron chi connectivity index (χ1n) is 12.4. The van der Waals surface area contributed by atoms with E-state index in [-0.39, 0.29) is 29.8 Å². The van der Waals surface area contributed by atoms with Gasteiger partial charge < -0.3 is 30.5 Å². The number of carbonyl (C=O) groups excluding carboxylic acids is 2. The molecule has 0 bridgehead atoms. The van der Waals surface area contributed by atoms with Crippen LogP contribution in [-0.2, 0) is 9.59 Å². The van der Waals surface area contributed by atoms with E-state index in [0.717, 1.165) is 22.9 Å². The van der Waals surface area contributed by atoms with Gasteiger partial charge in [0.05, 0.1) is 24.7 Å². The van der Waals surface area contributed by atoms with Crippen molar-refractivity contribution in [3.8, 4) is 0 Å². The zero-order valence-electron chi connectivity index (χ0n) is 20.8. The maximum Gasteiger partial charge on any atom is 0.247 e. The summed E-state index contributed by atoms with van der Waals surface area (Å²) >= 11 is 0. The van der Waals surface area contributed by atoms with Gasteiger partial charge in [0.15, 0.2) is 0 Å². The van der Waals surface area contributed by atoms with Crippen molar-refractivity contribution in [1.29, 1.82) is 0 Å². The van der Waals surface area contributed by atoms with Gasteiger partial charge in [-0.2, -0.15) is 0 Å². The standard InChI is InChI=1S/C26H33N7O3/c1-15-5-6-17-18(12-30-20(17)11-15)19-13-33(26-28-8-4-9-29-26)22-7-10-32(23(19)22)25(36)21(14-34)31-24(35)16(2)27-3/h4-6,8-9,11-12,16,19,21-23,27,30,34H,7,10,13-14H2,1-3H3,(H,31,35)/t16-,19+,21-,22+,23+/m0/s1. The average Bonchev–Trinajstić information content (AvgIpc) is 3.60. The van der Waals surface area contributed by atoms with E-state index in [1.807, 2.05) is 11.1 Å². The van der Waals surface area contributed by atoms with E-state index in [1.165, 1.54) is 5.56 Å². The summed E-state index contributed by atoms with van der Waals surface area (Å²) in [6.45, 7) is 4.51. The van der Waals surface area contributed by atoms with E-state index in [1.54, 1.807) is 32.4 Å². The minimum absolute atomic E-state index is 0.00740. The highest BCUT2D eigenvalue weighted by Crippen LogP contribution is 2.44. The lowest BCUT2D eigenvalue weighted by molar-refractivity contribution is -0.138. The molecule has 4 heterocycles. The van der Waals surface area contributed by atoms with Crippen LogP contribution in [0.2, 0.25) is 0 Å². The SMILES string of the molecule is CN[C@@H](C)C(=O)N[C@@H](CO)C(=O)N1CC[C@@H]2[C@H]1[C@@H](c1c[nH]c3cc(C)ccc13)CN2c1ncccn1. The average molecular weight is 492 g/mol. The normalized spacial score (nSPS) is 23.1. The number of aromatic nitrogens is 3. The van der Waals surface area contributed by atoms with Crippen molar-refractivity contribution in [2.24, 2.45) is 0 Å². The topological polar surface area (TPSA) is 126 Å². The number of fused-ring (bicyclic) bond motifs is 2. The van der Waals surface area contributed by atoms with Gasteiger partial charge in [0.2, 0.25) is 17.8 Å². The van der Waals surface area contributed by atoms with E-state index in [2.05, 4.69) is 55.6 Å². The second kappa shape index (κ2) is 9.87. The minimum Gasteiger partial charge on any atom is -0.394 e. The second-order valence-electron chi connectivity index (χ2n) is 9.73. The molecule has 2 saturated heterocycles. The number of nitrogens with one attached hydrogen (secondary N) is 3. The first-order valence-corrected chi connectivity index (χ1v) is 12.4. The van der Waals surface area contributed by atoms with Crippen LogP contribution < -0.4 is 15.5 Å². The molecule has 0 saturated carbocycles. The number of benzene rings is 1. The molecule has 5 atom stereocenters. The van der Waals surface area contributed by atoms with Gasteiger partial charge in [0.25, 0.3) is 0 Å². The number of H-pyrrole nitrogens is 1. The number of aliphatic hydroxyl groups is 1.